The first-order valence-corrected chi connectivity index (χ1v) is 7.39. The van der Waals surface area contributed by atoms with Gasteiger partial charge in [0, 0.05) is 25.2 Å². The molecule has 0 aromatic heterocycles. The molecule has 0 radical (unpaired) electrons. The summed E-state index contributed by atoms with van der Waals surface area (Å²) >= 11 is 0. The summed E-state index contributed by atoms with van der Waals surface area (Å²) < 4.78 is 0. The number of nitrogens with one attached hydrogen (secondary N) is 2. The highest BCUT2D eigenvalue weighted by molar-refractivity contribution is 5.76. The Morgan fingerprint density at radius 2 is 1.90 bits per heavy atom. The summed E-state index contributed by atoms with van der Waals surface area (Å²) in [5.74, 6) is -1.50. The molecule has 1 aliphatic carbocycles. The summed E-state index contributed by atoms with van der Waals surface area (Å²) in [6.45, 7) is 4.68. The Kier molecular flexibility index (Phi) is 6.78. The fraction of sp³-hybridized carbons (Fsp3) is 0.857. The first-order valence-electron chi connectivity index (χ1n) is 7.39. The van der Waals surface area contributed by atoms with Crippen molar-refractivity contribution in [2.24, 2.45) is 5.92 Å². The van der Waals surface area contributed by atoms with Gasteiger partial charge in [-0.2, -0.15) is 0 Å². The molecule has 0 aliphatic heterocycles. The van der Waals surface area contributed by atoms with Crippen molar-refractivity contribution in [2.75, 3.05) is 20.1 Å². The van der Waals surface area contributed by atoms with E-state index in [-0.39, 0.29) is 12.1 Å². The number of amides is 2. The van der Waals surface area contributed by atoms with Crippen LogP contribution in [0.15, 0.2) is 0 Å². The fourth-order valence-corrected chi connectivity index (χ4v) is 2.47. The molecule has 0 saturated heterocycles. The van der Waals surface area contributed by atoms with Crippen LogP contribution in [0.25, 0.3) is 0 Å². The molecule has 6 nitrogen and oxygen atoms in total. The third kappa shape index (κ3) is 5.36. The van der Waals surface area contributed by atoms with Crippen LogP contribution in [0.5, 0.6) is 0 Å². The second-order valence-electron chi connectivity index (χ2n) is 5.73. The topological polar surface area (TPSA) is 81.7 Å². The first-order chi connectivity index (χ1) is 9.41. The van der Waals surface area contributed by atoms with E-state index in [1.165, 1.54) is 25.7 Å². The van der Waals surface area contributed by atoms with Gasteiger partial charge in [0.15, 0.2) is 0 Å². The lowest BCUT2D eigenvalue weighted by atomic mass is 10.0. The van der Waals surface area contributed by atoms with E-state index in [1.54, 1.807) is 13.8 Å². The van der Waals surface area contributed by atoms with E-state index >= 15 is 0 Å². The molecule has 1 rings (SSSR count). The van der Waals surface area contributed by atoms with Gasteiger partial charge in [-0.3, -0.25) is 4.79 Å². The maximum atomic E-state index is 11.6. The van der Waals surface area contributed by atoms with Crippen molar-refractivity contribution >= 4 is 12.0 Å². The molecule has 1 saturated carbocycles. The van der Waals surface area contributed by atoms with Gasteiger partial charge in [0.1, 0.15) is 0 Å². The molecule has 0 bridgehead atoms. The van der Waals surface area contributed by atoms with Gasteiger partial charge in [0.05, 0.1) is 5.92 Å². The van der Waals surface area contributed by atoms with E-state index in [0.717, 1.165) is 6.54 Å². The van der Waals surface area contributed by atoms with E-state index in [1.807, 2.05) is 0 Å². The molecule has 0 aromatic rings. The minimum atomic E-state index is -0.904. The number of likely N-dealkylation sites (N-methyl/N-ethyl adjacent to an activating group) is 1. The molecule has 1 aliphatic rings. The van der Waals surface area contributed by atoms with Crippen molar-refractivity contribution < 1.29 is 14.7 Å². The predicted molar refractivity (Wildman–Crippen MR) is 77.7 cm³/mol. The summed E-state index contributed by atoms with van der Waals surface area (Å²) in [7, 11) is 2.09. The fourth-order valence-electron chi connectivity index (χ4n) is 2.47. The SMILES string of the molecule is CC(NC(=O)NCCN(C)C1CCCC1)C(C)C(=O)O. The normalized spacial score (nSPS) is 18.8. The van der Waals surface area contributed by atoms with Gasteiger partial charge < -0.3 is 20.6 Å². The summed E-state index contributed by atoms with van der Waals surface area (Å²) in [4.78, 5) is 24.7. The van der Waals surface area contributed by atoms with Crippen molar-refractivity contribution in [2.45, 2.75) is 51.6 Å². The largest absolute Gasteiger partial charge is 0.481 e. The Morgan fingerprint density at radius 3 is 2.45 bits per heavy atom. The number of aliphatic carboxylic acids is 1. The maximum Gasteiger partial charge on any atom is 0.315 e. The van der Waals surface area contributed by atoms with Crippen LogP contribution < -0.4 is 10.6 Å². The molecular weight excluding hydrogens is 258 g/mol. The number of rotatable bonds is 7. The molecule has 2 amide bonds. The third-order valence-electron chi connectivity index (χ3n) is 4.20. The zero-order valence-electron chi connectivity index (χ0n) is 12.7. The van der Waals surface area contributed by atoms with Gasteiger partial charge in [0.25, 0.3) is 0 Å². The minimum Gasteiger partial charge on any atom is -0.481 e. The van der Waals surface area contributed by atoms with E-state index < -0.39 is 11.9 Å². The van der Waals surface area contributed by atoms with Gasteiger partial charge in [-0.15, -0.1) is 0 Å². The summed E-state index contributed by atoms with van der Waals surface area (Å²) in [5.41, 5.74) is 0. The highest BCUT2D eigenvalue weighted by atomic mass is 16.4. The Hall–Kier alpha value is -1.30. The van der Waals surface area contributed by atoms with Crippen molar-refractivity contribution in [3.05, 3.63) is 0 Å². The zero-order chi connectivity index (χ0) is 15.1. The lowest BCUT2D eigenvalue weighted by molar-refractivity contribution is -0.141. The van der Waals surface area contributed by atoms with Crippen LogP contribution in [0.2, 0.25) is 0 Å². The van der Waals surface area contributed by atoms with Crippen LogP contribution in [0.1, 0.15) is 39.5 Å². The van der Waals surface area contributed by atoms with Gasteiger partial charge in [-0.25, -0.2) is 4.79 Å². The van der Waals surface area contributed by atoms with Crippen LogP contribution in [0.3, 0.4) is 0 Å². The first kappa shape index (κ1) is 16.8. The number of carbonyl (C=O) groups excluding carboxylic acids is 1. The molecule has 2 unspecified atom stereocenters. The van der Waals surface area contributed by atoms with E-state index in [0.29, 0.717) is 12.6 Å². The van der Waals surface area contributed by atoms with Crippen LogP contribution in [0.4, 0.5) is 4.79 Å². The van der Waals surface area contributed by atoms with Crippen molar-refractivity contribution in [3.8, 4) is 0 Å². The second kappa shape index (κ2) is 8.09. The van der Waals surface area contributed by atoms with Crippen molar-refractivity contribution in [3.63, 3.8) is 0 Å². The van der Waals surface area contributed by atoms with Gasteiger partial charge in [-0.05, 0) is 33.7 Å². The van der Waals surface area contributed by atoms with Gasteiger partial charge >= 0.3 is 12.0 Å². The highest BCUT2D eigenvalue weighted by Crippen LogP contribution is 2.21. The van der Waals surface area contributed by atoms with Crippen LogP contribution >= 0.6 is 0 Å². The highest BCUT2D eigenvalue weighted by Gasteiger charge is 2.21. The number of urea groups is 1. The van der Waals surface area contributed by atoms with Crippen LogP contribution in [0, 0.1) is 5.92 Å². The van der Waals surface area contributed by atoms with E-state index in [2.05, 4.69) is 22.6 Å². The Morgan fingerprint density at radius 1 is 1.30 bits per heavy atom. The van der Waals surface area contributed by atoms with Crippen LogP contribution in [-0.4, -0.2) is 54.2 Å². The molecule has 20 heavy (non-hydrogen) atoms. The van der Waals surface area contributed by atoms with Crippen molar-refractivity contribution in [1.29, 1.82) is 0 Å². The number of hydrogen-bond donors (Lipinski definition) is 3. The van der Waals surface area contributed by atoms with Gasteiger partial charge in [0.2, 0.25) is 0 Å². The van der Waals surface area contributed by atoms with Gasteiger partial charge in [-0.1, -0.05) is 12.8 Å². The summed E-state index contributed by atoms with van der Waals surface area (Å²) in [6.07, 6.45) is 5.09. The Bertz CT molecular complexity index is 330. The number of carboxylic acid groups (broad SMARTS) is 1. The Balaban J connectivity index is 2.17. The molecular formula is C14H27N3O3. The summed E-state index contributed by atoms with van der Waals surface area (Å²) in [5, 5.41) is 14.3. The Labute approximate surface area is 120 Å². The average molecular weight is 285 g/mol. The number of nitrogens with zero attached hydrogens (tertiary/aromatic N) is 1. The molecule has 6 heteroatoms. The molecule has 3 N–H and O–H groups in total. The molecule has 1 fully saturated rings. The smallest absolute Gasteiger partial charge is 0.315 e. The number of carboxylic acids is 1. The number of carbonyl (C=O) groups is 2. The van der Waals surface area contributed by atoms with Crippen molar-refractivity contribution in [1.82, 2.24) is 15.5 Å². The van der Waals surface area contributed by atoms with E-state index in [4.69, 9.17) is 5.11 Å². The molecule has 2 atom stereocenters. The zero-order valence-corrected chi connectivity index (χ0v) is 12.7. The monoisotopic (exact) mass is 285 g/mol. The quantitative estimate of drug-likeness (QED) is 0.658. The molecule has 0 aromatic carbocycles. The lowest BCUT2D eigenvalue weighted by Gasteiger charge is -2.24. The van der Waals surface area contributed by atoms with E-state index in [9.17, 15) is 9.59 Å². The number of hydrogen-bond acceptors (Lipinski definition) is 3. The molecule has 0 heterocycles. The predicted octanol–water partition coefficient (Wildman–Crippen LogP) is 1.27. The van der Waals surface area contributed by atoms with Crippen LogP contribution in [-0.2, 0) is 4.79 Å². The average Bonchev–Trinajstić information content (AvgIpc) is 2.91. The molecule has 116 valence electrons. The minimum absolute atomic E-state index is 0.301. The lowest BCUT2D eigenvalue weighted by Crippen LogP contribution is -2.47. The standard InChI is InChI=1S/C14H27N3O3/c1-10(13(18)19)11(2)16-14(20)15-8-9-17(3)12-6-4-5-7-12/h10-12H,4-9H2,1-3H3,(H,18,19)(H2,15,16,20). The molecule has 0 spiro atoms. The second-order valence-corrected chi connectivity index (χ2v) is 5.73. The third-order valence-corrected chi connectivity index (χ3v) is 4.20. The summed E-state index contributed by atoms with van der Waals surface area (Å²) in [6, 6.07) is -0.0451. The maximum absolute atomic E-state index is 11.6.